The predicted octanol–water partition coefficient (Wildman–Crippen LogP) is 8.49. The summed E-state index contributed by atoms with van der Waals surface area (Å²) >= 11 is 0. The number of likely N-dealkylation sites (tertiary alicyclic amines) is 1. The molecule has 8 rings (SSSR count). The molecule has 0 spiro atoms. The van der Waals surface area contributed by atoms with Crippen LogP contribution in [0.2, 0.25) is 0 Å². The van der Waals surface area contributed by atoms with E-state index in [-0.39, 0.29) is 45.3 Å². The molecule has 2 aliphatic heterocycles. The van der Waals surface area contributed by atoms with E-state index in [4.69, 9.17) is 16.1 Å². The topological polar surface area (TPSA) is 108 Å². The van der Waals surface area contributed by atoms with Crippen molar-refractivity contribution in [3.05, 3.63) is 53.6 Å². The Labute approximate surface area is 354 Å². The number of ether oxygens (including phenoxy) is 2. The molecule has 0 aromatic heterocycles. The first-order valence-corrected chi connectivity index (χ1v) is 23.3. The molecule has 9 heteroatoms. The summed E-state index contributed by atoms with van der Waals surface area (Å²) in [6.45, 7) is 25.3. The van der Waals surface area contributed by atoms with Crippen LogP contribution in [0.25, 0.3) is 5.57 Å². The zero-order valence-corrected chi connectivity index (χ0v) is 36.9. The standard InChI is InChI=1S/C50H73N3O6/c1-34(33-59-32-29-52-27-30-58-31-28-52)37-16-21-50(45(57)51-24-8-26-53-25-7-9-42(53)54)23-22-48(5)39(43(37)50)14-15-41-47(4)19-17-38(35-10-12-36(13-11-35)44(55)56)46(2,3)40(47)18-20-49(41,48)6/h10-13,17,37,39-41,43H,1,7-9,14-16,18-33H2,2-6H3,(H,51,57)(H,55,56)/t37-,39+,40-,41+,43+,47-,48+,49+,50-/m0/s1. The van der Waals surface area contributed by atoms with Crippen molar-refractivity contribution < 1.29 is 29.0 Å². The van der Waals surface area contributed by atoms with Gasteiger partial charge in [-0.05, 0) is 151 Å². The van der Waals surface area contributed by atoms with Crippen molar-refractivity contribution in [2.75, 3.05) is 65.7 Å². The quantitative estimate of drug-likeness (QED) is 0.152. The van der Waals surface area contributed by atoms with E-state index in [2.05, 4.69) is 50.9 Å². The van der Waals surface area contributed by atoms with E-state index >= 15 is 0 Å². The fourth-order valence-electron chi connectivity index (χ4n) is 15.2. The molecule has 2 N–H and O–H groups in total. The highest BCUT2D eigenvalue weighted by Crippen LogP contribution is 2.77. The molecule has 1 aromatic rings. The Morgan fingerprint density at radius 3 is 2.39 bits per heavy atom. The zero-order valence-electron chi connectivity index (χ0n) is 36.9. The van der Waals surface area contributed by atoms with Gasteiger partial charge in [-0.25, -0.2) is 4.79 Å². The third-order valence-corrected chi connectivity index (χ3v) is 18.4. The molecule has 0 bridgehead atoms. The van der Waals surface area contributed by atoms with Crippen molar-refractivity contribution in [1.82, 2.24) is 15.1 Å². The average molecular weight is 812 g/mol. The molecule has 0 unspecified atom stereocenters. The number of fused-ring (bicyclic) bond motifs is 7. The van der Waals surface area contributed by atoms with Gasteiger partial charge in [-0.2, -0.15) is 0 Å². The molecule has 6 fully saturated rings. The van der Waals surface area contributed by atoms with Crippen molar-refractivity contribution in [2.45, 2.75) is 112 Å². The number of carbonyl (C=O) groups is 3. The zero-order chi connectivity index (χ0) is 41.8. The van der Waals surface area contributed by atoms with Crippen molar-refractivity contribution in [3.63, 3.8) is 0 Å². The Morgan fingerprint density at radius 1 is 0.915 bits per heavy atom. The normalized spacial score (nSPS) is 37.8. The summed E-state index contributed by atoms with van der Waals surface area (Å²) in [6, 6.07) is 7.54. The van der Waals surface area contributed by atoms with Crippen LogP contribution in [0.15, 0.2) is 42.5 Å². The van der Waals surface area contributed by atoms with Gasteiger partial charge in [0.2, 0.25) is 11.8 Å². The van der Waals surface area contributed by atoms with Gasteiger partial charge >= 0.3 is 5.97 Å². The fourth-order valence-corrected chi connectivity index (χ4v) is 15.2. The minimum Gasteiger partial charge on any atom is -0.478 e. The first kappa shape index (κ1) is 42.7. The predicted molar refractivity (Wildman–Crippen MR) is 232 cm³/mol. The van der Waals surface area contributed by atoms with Gasteiger partial charge in [0.15, 0.2) is 0 Å². The SMILES string of the molecule is C=C(COCCN1CCOCC1)[C@@H]1CC[C@]2(C(=O)NCCCN3CCCC3=O)CC[C@]3(C)[C@H](CC[C@@H]4[C@@]5(C)CC=C(c6ccc(C(=O)O)cc6)C(C)(C)[C@@H]5CC[C@]43C)[C@@H]12. The number of benzene rings is 1. The Bertz CT molecular complexity index is 1800. The van der Waals surface area contributed by atoms with E-state index in [1.807, 2.05) is 17.0 Å². The number of rotatable bonds is 13. The number of carboxylic acids is 1. The van der Waals surface area contributed by atoms with Gasteiger partial charge in [-0.1, -0.05) is 59.4 Å². The smallest absolute Gasteiger partial charge is 0.335 e. The number of nitrogens with one attached hydrogen (secondary N) is 1. The van der Waals surface area contributed by atoms with Crippen LogP contribution in [-0.2, 0) is 19.1 Å². The van der Waals surface area contributed by atoms with Crippen molar-refractivity contribution in [1.29, 1.82) is 0 Å². The number of aromatic carboxylic acids is 1. The van der Waals surface area contributed by atoms with Crippen LogP contribution in [-0.4, -0.2) is 98.4 Å². The summed E-state index contributed by atoms with van der Waals surface area (Å²) in [4.78, 5) is 43.1. The maximum atomic E-state index is 14.8. The average Bonchev–Trinajstić information content (AvgIpc) is 3.82. The van der Waals surface area contributed by atoms with E-state index in [0.29, 0.717) is 49.5 Å². The second kappa shape index (κ2) is 16.4. The minimum absolute atomic E-state index is 0.0469. The minimum atomic E-state index is -0.884. The molecule has 59 heavy (non-hydrogen) atoms. The first-order chi connectivity index (χ1) is 28.2. The molecular weight excluding hydrogens is 739 g/mol. The van der Waals surface area contributed by atoms with Crippen molar-refractivity contribution in [3.8, 4) is 0 Å². The highest BCUT2D eigenvalue weighted by atomic mass is 16.5. The molecule has 9 nitrogen and oxygen atoms in total. The lowest BCUT2D eigenvalue weighted by Gasteiger charge is -2.72. The van der Waals surface area contributed by atoms with Gasteiger partial charge in [-0.15, -0.1) is 0 Å². The van der Waals surface area contributed by atoms with Gasteiger partial charge in [0, 0.05) is 45.7 Å². The van der Waals surface area contributed by atoms with Crippen LogP contribution < -0.4 is 5.32 Å². The highest BCUT2D eigenvalue weighted by molar-refractivity contribution is 5.88. The summed E-state index contributed by atoms with van der Waals surface area (Å²) in [7, 11) is 0. The lowest BCUT2D eigenvalue weighted by Crippen LogP contribution is -2.66. The Kier molecular flexibility index (Phi) is 11.8. The second-order valence-corrected chi connectivity index (χ2v) is 21.2. The summed E-state index contributed by atoms with van der Waals surface area (Å²) in [5, 5.41) is 13.0. The van der Waals surface area contributed by atoms with Crippen LogP contribution in [0, 0.1) is 56.7 Å². The Morgan fingerprint density at radius 2 is 1.68 bits per heavy atom. The van der Waals surface area contributed by atoms with Crippen molar-refractivity contribution >= 4 is 23.4 Å². The molecular formula is C50H73N3O6. The highest BCUT2D eigenvalue weighted by Gasteiger charge is 2.71. The Hall–Kier alpha value is -3.01. The maximum Gasteiger partial charge on any atom is 0.335 e. The molecule has 4 saturated carbocycles. The Balaban J connectivity index is 1.04. The number of nitrogens with zero attached hydrogens (tertiary/aromatic N) is 2. The maximum absolute atomic E-state index is 14.8. The third-order valence-electron chi connectivity index (χ3n) is 18.4. The molecule has 0 radical (unpaired) electrons. The number of carbonyl (C=O) groups excluding carboxylic acids is 2. The van der Waals surface area contributed by atoms with E-state index in [0.717, 1.165) is 103 Å². The number of allylic oxidation sites excluding steroid dienone is 2. The molecule has 5 aliphatic carbocycles. The molecule has 9 atom stereocenters. The van der Waals surface area contributed by atoms with Crippen LogP contribution >= 0.6 is 0 Å². The molecule has 2 heterocycles. The molecule has 2 saturated heterocycles. The number of morpholine rings is 1. The number of carboxylic acid groups (broad SMARTS) is 1. The van der Waals surface area contributed by atoms with Gasteiger partial charge in [0.25, 0.3) is 0 Å². The largest absolute Gasteiger partial charge is 0.478 e. The number of hydrogen-bond donors (Lipinski definition) is 2. The summed E-state index contributed by atoms with van der Waals surface area (Å²) < 4.78 is 11.9. The molecule has 2 amide bonds. The van der Waals surface area contributed by atoms with Crippen LogP contribution in [0.1, 0.15) is 128 Å². The van der Waals surface area contributed by atoms with E-state index in [1.54, 1.807) is 12.1 Å². The second-order valence-electron chi connectivity index (χ2n) is 21.2. The number of hydrogen-bond acceptors (Lipinski definition) is 6. The van der Waals surface area contributed by atoms with E-state index < -0.39 is 11.4 Å². The van der Waals surface area contributed by atoms with Crippen LogP contribution in [0.3, 0.4) is 0 Å². The fraction of sp³-hybridized carbons (Fsp3) is 0.740. The lowest BCUT2D eigenvalue weighted by atomic mass is 9.32. The molecule has 1 aromatic carbocycles. The van der Waals surface area contributed by atoms with Gasteiger partial charge in [0.1, 0.15) is 0 Å². The van der Waals surface area contributed by atoms with Gasteiger partial charge < -0.3 is 24.8 Å². The summed E-state index contributed by atoms with van der Waals surface area (Å²) in [5.74, 6) is 1.62. The summed E-state index contributed by atoms with van der Waals surface area (Å²) in [5.41, 5.74) is 3.94. The van der Waals surface area contributed by atoms with Gasteiger partial charge in [-0.3, -0.25) is 14.5 Å². The van der Waals surface area contributed by atoms with E-state index in [9.17, 15) is 19.5 Å². The lowest BCUT2D eigenvalue weighted by molar-refractivity contribution is -0.225. The summed E-state index contributed by atoms with van der Waals surface area (Å²) in [6.07, 6.45) is 14.5. The first-order valence-electron chi connectivity index (χ1n) is 23.3. The third kappa shape index (κ3) is 7.24. The van der Waals surface area contributed by atoms with Crippen molar-refractivity contribution in [2.24, 2.45) is 56.7 Å². The van der Waals surface area contributed by atoms with Crippen LogP contribution in [0.4, 0.5) is 0 Å². The van der Waals surface area contributed by atoms with Crippen LogP contribution in [0.5, 0.6) is 0 Å². The van der Waals surface area contributed by atoms with Gasteiger partial charge in [0.05, 0.1) is 37.4 Å². The number of amides is 2. The van der Waals surface area contributed by atoms with E-state index in [1.165, 1.54) is 30.4 Å². The monoisotopic (exact) mass is 812 g/mol. The molecule has 324 valence electrons. The molecule has 7 aliphatic rings.